The Hall–Kier alpha value is -2.08. The predicted octanol–water partition coefficient (Wildman–Crippen LogP) is 3.92. The van der Waals surface area contributed by atoms with Gasteiger partial charge < -0.3 is 19.1 Å². The van der Waals surface area contributed by atoms with Crippen molar-refractivity contribution in [3.05, 3.63) is 35.9 Å². The highest BCUT2D eigenvalue weighted by Crippen LogP contribution is 2.25. The van der Waals surface area contributed by atoms with E-state index >= 15 is 0 Å². The average Bonchev–Trinajstić information content (AvgIpc) is 2.64. The molecule has 27 heavy (non-hydrogen) atoms. The van der Waals surface area contributed by atoms with Gasteiger partial charge in [-0.1, -0.05) is 30.3 Å². The van der Waals surface area contributed by atoms with E-state index in [2.05, 4.69) is 0 Å². The van der Waals surface area contributed by atoms with Crippen molar-refractivity contribution in [1.29, 1.82) is 0 Å². The van der Waals surface area contributed by atoms with E-state index < -0.39 is 5.60 Å². The van der Waals surface area contributed by atoms with Crippen LogP contribution in [0.5, 0.6) is 0 Å². The quantitative estimate of drug-likeness (QED) is 0.703. The van der Waals surface area contributed by atoms with Crippen molar-refractivity contribution in [1.82, 2.24) is 4.90 Å². The highest BCUT2D eigenvalue weighted by atomic mass is 16.6. The SMILES string of the molecule is CN(C(=O)OCc1ccccc1)C1CCC(OCC(=O)OC(C)(C)C)CC1. The minimum absolute atomic E-state index is 0.0262. The maximum atomic E-state index is 12.3. The van der Waals surface area contributed by atoms with Crippen LogP contribution in [-0.4, -0.2) is 48.4 Å². The van der Waals surface area contributed by atoms with Crippen LogP contribution in [0, 0.1) is 0 Å². The minimum atomic E-state index is -0.499. The lowest BCUT2D eigenvalue weighted by molar-refractivity contribution is -0.163. The fourth-order valence-electron chi connectivity index (χ4n) is 3.13. The molecule has 1 aliphatic rings. The van der Waals surface area contributed by atoms with Crippen molar-refractivity contribution < 1.29 is 23.8 Å². The molecule has 150 valence electrons. The number of hydrogen-bond acceptors (Lipinski definition) is 5. The van der Waals surface area contributed by atoms with Gasteiger partial charge in [-0.15, -0.1) is 0 Å². The van der Waals surface area contributed by atoms with Gasteiger partial charge in [0.1, 0.15) is 18.8 Å². The average molecular weight is 377 g/mol. The first-order chi connectivity index (χ1) is 12.7. The van der Waals surface area contributed by atoms with Crippen LogP contribution in [0.15, 0.2) is 30.3 Å². The van der Waals surface area contributed by atoms with Gasteiger partial charge in [-0.3, -0.25) is 0 Å². The Bertz CT molecular complexity index is 603. The Morgan fingerprint density at radius 2 is 1.70 bits per heavy atom. The maximum absolute atomic E-state index is 12.3. The number of amides is 1. The second kappa shape index (κ2) is 9.74. The number of rotatable bonds is 6. The zero-order valence-corrected chi connectivity index (χ0v) is 16.8. The lowest BCUT2D eigenvalue weighted by Crippen LogP contribution is -2.41. The van der Waals surface area contributed by atoms with Crippen LogP contribution in [0.25, 0.3) is 0 Å². The van der Waals surface area contributed by atoms with E-state index in [1.165, 1.54) is 0 Å². The molecule has 0 aromatic heterocycles. The molecule has 0 saturated heterocycles. The number of carbonyl (C=O) groups excluding carboxylic acids is 2. The fourth-order valence-corrected chi connectivity index (χ4v) is 3.13. The number of benzene rings is 1. The molecular formula is C21H31NO5. The zero-order chi connectivity index (χ0) is 19.9. The van der Waals surface area contributed by atoms with E-state index in [0.717, 1.165) is 31.2 Å². The third-order valence-corrected chi connectivity index (χ3v) is 4.54. The highest BCUT2D eigenvalue weighted by molar-refractivity contribution is 5.71. The molecule has 0 heterocycles. The molecule has 2 rings (SSSR count). The van der Waals surface area contributed by atoms with Crippen LogP contribution < -0.4 is 0 Å². The topological polar surface area (TPSA) is 65.1 Å². The molecule has 0 aliphatic heterocycles. The summed E-state index contributed by atoms with van der Waals surface area (Å²) < 4.78 is 16.3. The van der Waals surface area contributed by atoms with Crippen LogP contribution in [0.2, 0.25) is 0 Å². The molecule has 6 nitrogen and oxygen atoms in total. The van der Waals surface area contributed by atoms with Crippen LogP contribution in [0.3, 0.4) is 0 Å². The van der Waals surface area contributed by atoms with Crippen LogP contribution in [0.4, 0.5) is 4.79 Å². The molecule has 1 aromatic rings. The van der Waals surface area contributed by atoms with Gasteiger partial charge in [0.05, 0.1) is 6.10 Å². The number of carbonyl (C=O) groups is 2. The zero-order valence-electron chi connectivity index (χ0n) is 16.8. The van der Waals surface area contributed by atoms with Gasteiger partial charge >= 0.3 is 12.1 Å². The van der Waals surface area contributed by atoms with E-state index in [-0.39, 0.29) is 37.4 Å². The van der Waals surface area contributed by atoms with Crippen molar-refractivity contribution >= 4 is 12.1 Å². The molecule has 0 spiro atoms. The van der Waals surface area contributed by atoms with Gasteiger partial charge in [-0.25, -0.2) is 9.59 Å². The Labute approximate surface area is 161 Å². The molecule has 1 amide bonds. The number of nitrogens with zero attached hydrogens (tertiary/aromatic N) is 1. The lowest BCUT2D eigenvalue weighted by Gasteiger charge is -2.34. The van der Waals surface area contributed by atoms with E-state index in [1.807, 2.05) is 51.1 Å². The van der Waals surface area contributed by atoms with Crippen LogP contribution in [-0.2, 0) is 25.6 Å². The number of hydrogen-bond donors (Lipinski definition) is 0. The van der Waals surface area contributed by atoms with Crippen molar-refractivity contribution in [2.45, 2.75) is 70.8 Å². The Balaban J connectivity index is 1.68. The molecule has 0 atom stereocenters. The standard InChI is InChI=1S/C21H31NO5/c1-21(2,3)27-19(23)15-25-18-12-10-17(11-13-18)22(4)20(24)26-14-16-8-6-5-7-9-16/h5-9,17-18H,10-15H2,1-4H3. The first kappa shape index (κ1) is 21.2. The molecule has 1 aliphatic carbocycles. The van der Waals surface area contributed by atoms with Gasteiger partial charge in [0.2, 0.25) is 0 Å². The first-order valence-electron chi connectivity index (χ1n) is 9.51. The van der Waals surface area contributed by atoms with Gasteiger partial charge in [0.25, 0.3) is 0 Å². The van der Waals surface area contributed by atoms with E-state index in [4.69, 9.17) is 14.2 Å². The van der Waals surface area contributed by atoms with E-state index in [0.29, 0.717) is 0 Å². The Kier molecular flexibility index (Phi) is 7.66. The summed E-state index contributed by atoms with van der Waals surface area (Å²) in [5.41, 5.74) is 0.472. The molecule has 1 fully saturated rings. The van der Waals surface area contributed by atoms with Crippen molar-refractivity contribution in [3.8, 4) is 0 Å². The molecule has 6 heteroatoms. The van der Waals surface area contributed by atoms with Gasteiger partial charge in [0, 0.05) is 13.1 Å². The third-order valence-electron chi connectivity index (χ3n) is 4.54. The molecule has 0 bridgehead atoms. The first-order valence-corrected chi connectivity index (χ1v) is 9.51. The fraction of sp³-hybridized carbons (Fsp3) is 0.619. The number of ether oxygens (including phenoxy) is 3. The van der Waals surface area contributed by atoms with Gasteiger partial charge in [-0.05, 0) is 52.0 Å². The Morgan fingerprint density at radius 3 is 2.30 bits per heavy atom. The van der Waals surface area contributed by atoms with Crippen molar-refractivity contribution in [2.24, 2.45) is 0 Å². The summed E-state index contributed by atoms with van der Waals surface area (Å²) in [4.78, 5) is 25.7. The molecule has 0 unspecified atom stereocenters. The smallest absolute Gasteiger partial charge is 0.410 e. The molecule has 0 N–H and O–H groups in total. The predicted molar refractivity (Wildman–Crippen MR) is 102 cm³/mol. The van der Waals surface area contributed by atoms with Crippen LogP contribution in [0.1, 0.15) is 52.0 Å². The largest absolute Gasteiger partial charge is 0.458 e. The molecular weight excluding hydrogens is 346 g/mol. The van der Waals surface area contributed by atoms with E-state index in [9.17, 15) is 9.59 Å². The summed E-state index contributed by atoms with van der Waals surface area (Å²) in [5.74, 6) is -0.341. The highest BCUT2D eigenvalue weighted by Gasteiger charge is 2.28. The normalized spacial score (nSPS) is 20.0. The lowest BCUT2D eigenvalue weighted by atomic mass is 9.92. The molecule has 0 radical (unpaired) electrons. The summed E-state index contributed by atoms with van der Waals surface area (Å²) in [7, 11) is 1.78. The summed E-state index contributed by atoms with van der Waals surface area (Å²) in [5, 5.41) is 0. The molecule has 1 saturated carbocycles. The summed E-state index contributed by atoms with van der Waals surface area (Å²) in [6.07, 6.45) is 3.00. The Morgan fingerprint density at radius 1 is 1.07 bits per heavy atom. The summed E-state index contributed by atoms with van der Waals surface area (Å²) in [6, 6.07) is 9.77. The molecule has 1 aromatic carbocycles. The van der Waals surface area contributed by atoms with Gasteiger partial charge in [-0.2, -0.15) is 0 Å². The maximum Gasteiger partial charge on any atom is 0.410 e. The van der Waals surface area contributed by atoms with Gasteiger partial charge in [0.15, 0.2) is 0 Å². The van der Waals surface area contributed by atoms with Crippen molar-refractivity contribution in [3.63, 3.8) is 0 Å². The van der Waals surface area contributed by atoms with Crippen LogP contribution >= 0.6 is 0 Å². The summed E-state index contributed by atoms with van der Waals surface area (Å²) in [6.45, 7) is 5.76. The van der Waals surface area contributed by atoms with Crippen molar-refractivity contribution in [2.75, 3.05) is 13.7 Å². The monoisotopic (exact) mass is 377 g/mol. The second-order valence-corrected chi connectivity index (χ2v) is 7.98. The number of esters is 1. The van der Waals surface area contributed by atoms with E-state index in [1.54, 1.807) is 11.9 Å². The minimum Gasteiger partial charge on any atom is -0.458 e. The third kappa shape index (κ3) is 7.59. The summed E-state index contributed by atoms with van der Waals surface area (Å²) >= 11 is 0. The second-order valence-electron chi connectivity index (χ2n) is 7.98.